The standard InChI is InChI=1S/C18H34N4O2/c1-15(2)11-19-13(23)18(7,21-15)9-8-10-22-12-16(3,4)20-17(5,6)14(22)24/h20-21H,8-12H2,1-7H3,(H,19,23). The van der Waals surface area contributed by atoms with Crippen LogP contribution in [0.5, 0.6) is 0 Å². The molecule has 1 unspecified atom stereocenters. The molecule has 24 heavy (non-hydrogen) atoms. The molecule has 0 bridgehead atoms. The van der Waals surface area contributed by atoms with Crippen molar-refractivity contribution in [3.05, 3.63) is 0 Å². The van der Waals surface area contributed by atoms with Crippen LogP contribution in [-0.2, 0) is 9.59 Å². The molecule has 6 heteroatoms. The van der Waals surface area contributed by atoms with E-state index in [9.17, 15) is 9.59 Å². The average Bonchev–Trinajstić information content (AvgIpc) is 2.38. The third kappa shape index (κ3) is 4.09. The van der Waals surface area contributed by atoms with E-state index < -0.39 is 11.1 Å². The van der Waals surface area contributed by atoms with Crippen LogP contribution in [0.3, 0.4) is 0 Å². The number of amides is 2. The van der Waals surface area contributed by atoms with Crippen molar-refractivity contribution >= 4 is 11.8 Å². The van der Waals surface area contributed by atoms with Gasteiger partial charge in [-0.3, -0.25) is 20.2 Å². The van der Waals surface area contributed by atoms with E-state index in [1.807, 2.05) is 25.7 Å². The molecule has 1 atom stereocenters. The van der Waals surface area contributed by atoms with E-state index in [1.165, 1.54) is 0 Å². The van der Waals surface area contributed by atoms with Crippen LogP contribution in [-0.4, -0.2) is 58.5 Å². The number of carbonyl (C=O) groups excluding carboxylic acids is 2. The fourth-order valence-electron chi connectivity index (χ4n) is 4.21. The smallest absolute Gasteiger partial charge is 0.242 e. The third-order valence-electron chi connectivity index (χ3n) is 4.97. The van der Waals surface area contributed by atoms with Gasteiger partial charge in [-0.1, -0.05) is 0 Å². The van der Waals surface area contributed by atoms with E-state index in [1.54, 1.807) is 0 Å². The topological polar surface area (TPSA) is 73.5 Å². The summed E-state index contributed by atoms with van der Waals surface area (Å²) < 4.78 is 0. The van der Waals surface area contributed by atoms with Crippen LogP contribution in [0.15, 0.2) is 0 Å². The predicted molar refractivity (Wildman–Crippen MR) is 95.7 cm³/mol. The summed E-state index contributed by atoms with van der Waals surface area (Å²) >= 11 is 0. The normalized spacial score (nSPS) is 31.7. The van der Waals surface area contributed by atoms with Crippen LogP contribution in [0, 0.1) is 0 Å². The van der Waals surface area contributed by atoms with Crippen molar-refractivity contribution < 1.29 is 9.59 Å². The molecule has 0 spiro atoms. The van der Waals surface area contributed by atoms with Crippen LogP contribution in [0.4, 0.5) is 0 Å². The Bertz CT molecular complexity index is 527. The van der Waals surface area contributed by atoms with E-state index in [2.05, 4.69) is 43.6 Å². The molecular weight excluding hydrogens is 304 g/mol. The Morgan fingerprint density at radius 2 is 1.58 bits per heavy atom. The molecule has 0 saturated carbocycles. The van der Waals surface area contributed by atoms with Crippen molar-refractivity contribution in [2.45, 2.75) is 83.5 Å². The quantitative estimate of drug-likeness (QED) is 0.715. The molecule has 2 amide bonds. The highest BCUT2D eigenvalue weighted by Gasteiger charge is 2.44. The molecule has 3 N–H and O–H groups in total. The van der Waals surface area contributed by atoms with Gasteiger partial charge < -0.3 is 10.2 Å². The Kier molecular flexibility index (Phi) is 4.79. The van der Waals surface area contributed by atoms with Crippen LogP contribution in [0.1, 0.15) is 61.3 Å². The van der Waals surface area contributed by atoms with Crippen molar-refractivity contribution in [2.24, 2.45) is 0 Å². The second-order valence-electron chi connectivity index (χ2n) is 9.49. The summed E-state index contributed by atoms with van der Waals surface area (Å²) in [5.41, 5.74) is -1.35. The molecule has 6 nitrogen and oxygen atoms in total. The minimum atomic E-state index is -0.579. The maximum absolute atomic E-state index is 12.6. The lowest BCUT2D eigenvalue weighted by atomic mass is 9.86. The molecule has 2 rings (SSSR count). The van der Waals surface area contributed by atoms with Gasteiger partial charge in [0.05, 0.1) is 11.1 Å². The molecule has 0 aromatic heterocycles. The zero-order valence-corrected chi connectivity index (χ0v) is 16.3. The van der Waals surface area contributed by atoms with Gasteiger partial charge in [0.2, 0.25) is 11.8 Å². The van der Waals surface area contributed by atoms with Gasteiger partial charge in [0.25, 0.3) is 0 Å². The number of hydrogen-bond donors (Lipinski definition) is 3. The second-order valence-corrected chi connectivity index (χ2v) is 9.49. The van der Waals surface area contributed by atoms with Gasteiger partial charge in [-0.2, -0.15) is 0 Å². The first-order valence-corrected chi connectivity index (χ1v) is 8.93. The predicted octanol–water partition coefficient (Wildman–Crippen LogP) is 1.01. The largest absolute Gasteiger partial charge is 0.353 e. The summed E-state index contributed by atoms with van der Waals surface area (Å²) in [6.45, 7) is 16.3. The minimum absolute atomic E-state index is 0.0501. The highest BCUT2D eigenvalue weighted by atomic mass is 16.2. The van der Waals surface area contributed by atoms with Crippen molar-refractivity contribution in [1.82, 2.24) is 20.9 Å². The summed E-state index contributed by atoms with van der Waals surface area (Å²) in [6, 6.07) is 0. The first-order valence-electron chi connectivity index (χ1n) is 8.93. The summed E-state index contributed by atoms with van der Waals surface area (Å²) in [7, 11) is 0. The monoisotopic (exact) mass is 338 g/mol. The summed E-state index contributed by atoms with van der Waals surface area (Å²) in [5.74, 6) is 0.183. The zero-order chi connectivity index (χ0) is 18.4. The number of rotatable bonds is 4. The summed E-state index contributed by atoms with van der Waals surface area (Å²) in [5, 5.41) is 9.88. The maximum atomic E-state index is 12.6. The van der Waals surface area contributed by atoms with Crippen molar-refractivity contribution in [1.29, 1.82) is 0 Å². The van der Waals surface area contributed by atoms with Gasteiger partial charge in [-0.05, 0) is 61.3 Å². The Morgan fingerprint density at radius 3 is 2.21 bits per heavy atom. The van der Waals surface area contributed by atoms with Gasteiger partial charge >= 0.3 is 0 Å². The Morgan fingerprint density at radius 1 is 0.958 bits per heavy atom. The zero-order valence-electron chi connectivity index (χ0n) is 16.3. The van der Waals surface area contributed by atoms with E-state index in [0.29, 0.717) is 26.1 Å². The van der Waals surface area contributed by atoms with Gasteiger partial charge in [-0.25, -0.2) is 0 Å². The first kappa shape index (κ1) is 19.2. The van der Waals surface area contributed by atoms with Crippen molar-refractivity contribution in [3.8, 4) is 0 Å². The van der Waals surface area contributed by atoms with E-state index in [0.717, 1.165) is 6.42 Å². The van der Waals surface area contributed by atoms with E-state index in [4.69, 9.17) is 0 Å². The first-order chi connectivity index (χ1) is 10.8. The molecule has 0 aliphatic carbocycles. The molecule has 2 aliphatic rings. The molecule has 0 aromatic carbocycles. The fourth-order valence-corrected chi connectivity index (χ4v) is 4.21. The van der Waals surface area contributed by atoms with Gasteiger partial charge in [0.15, 0.2) is 0 Å². The van der Waals surface area contributed by atoms with Crippen molar-refractivity contribution in [3.63, 3.8) is 0 Å². The van der Waals surface area contributed by atoms with Gasteiger partial charge in [0, 0.05) is 30.7 Å². The number of nitrogens with one attached hydrogen (secondary N) is 3. The Balaban J connectivity index is 1.98. The molecule has 0 radical (unpaired) electrons. The van der Waals surface area contributed by atoms with Crippen LogP contribution >= 0.6 is 0 Å². The number of piperazine rings is 2. The number of carbonyl (C=O) groups is 2. The van der Waals surface area contributed by atoms with E-state index in [-0.39, 0.29) is 22.9 Å². The number of nitrogens with zero attached hydrogens (tertiary/aromatic N) is 1. The third-order valence-corrected chi connectivity index (χ3v) is 4.97. The van der Waals surface area contributed by atoms with E-state index >= 15 is 0 Å². The molecule has 2 fully saturated rings. The van der Waals surface area contributed by atoms with Crippen LogP contribution in [0.2, 0.25) is 0 Å². The van der Waals surface area contributed by atoms with Gasteiger partial charge in [0.1, 0.15) is 0 Å². The lowest BCUT2D eigenvalue weighted by Gasteiger charge is -2.48. The highest BCUT2D eigenvalue weighted by molar-refractivity contribution is 5.87. The average molecular weight is 338 g/mol. The Labute approximate surface area is 146 Å². The van der Waals surface area contributed by atoms with Crippen LogP contribution in [0.25, 0.3) is 0 Å². The SMILES string of the molecule is CC1(C)CN(CCCC2(C)NC(C)(C)CNC2=O)C(=O)C(C)(C)N1. The van der Waals surface area contributed by atoms with Crippen molar-refractivity contribution in [2.75, 3.05) is 19.6 Å². The second kappa shape index (κ2) is 5.99. The fraction of sp³-hybridized carbons (Fsp3) is 0.889. The van der Waals surface area contributed by atoms with Crippen LogP contribution < -0.4 is 16.0 Å². The minimum Gasteiger partial charge on any atom is -0.353 e. The Hall–Kier alpha value is -1.14. The molecule has 2 aliphatic heterocycles. The lowest BCUT2D eigenvalue weighted by molar-refractivity contribution is -0.143. The molecule has 138 valence electrons. The molecular formula is C18H34N4O2. The summed E-state index contributed by atoms with van der Waals surface area (Å²) in [6.07, 6.45) is 1.51. The lowest BCUT2D eigenvalue weighted by Crippen LogP contribution is -2.70. The van der Waals surface area contributed by atoms with Gasteiger partial charge in [-0.15, -0.1) is 0 Å². The molecule has 2 heterocycles. The number of hydrogen-bond acceptors (Lipinski definition) is 4. The molecule has 2 saturated heterocycles. The summed E-state index contributed by atoms with van der Waals surface area (Å²) in [4.78, 5) is 26.9. The molecule has 0 aromatic rings. The maximum Gasteiger partial charge on any atom is 0.242 e. The highest BCUT2D eigenvalue weighted by Crippen LogP contribution is 2.25.